The Hall–Kier alpha value is -1.44. The molecule has 3 aliphatic heterocycles. The Bertz CT molecular complexity index is 546. The number of likely N-dealkylation sites (tertiary alicyclic amines) is 1. The van der Waals surface area contributed by atoms with Gasteiger partial charge in [-0.05, 0) is 31.7 Å². The van der Waals surface area contributed by atoms with Gasteiger partial charge < -0.3 is 19.7 Å². The summed E-state index contributed by atoms with van der Waals surface area (Å²) in [6.45, 7) is 7.44. The van der Waals surface area contributed by atoms with Crippen LogP contribution in [0.1, 0.15) is 25.7 Å². The third kappa shape index (κ3) is 4.59. The molecule has 0 aromatic carbocycles. The van der Waals surface area contributed by atoms with Gasteiger partial charge in [-0.1, -0.05) is 0 Å². The number of morpholine rings is 1. The van der Waals surface area contributed by atoms with E-state index in [9.17, 15) is 0 Å². The van der Waals surface area contributed by atoms with Gasteiger partial charge in [-0.25, -0.2) is 4.98 Å². The van der Waals surface area contributed by atoms with Crippen LogP contribution in [0.15, 0.2) is 12.3 Å². The maximum absolute atomic E-state index is 5.88. The topological polar surface area (TPSA) is 62.8 Å². The molecule has 1 N–H and O–H groups in total. The van der Waals surface area contributed by atoms with Gasteiger partial charge in [-0.3, -0.25) is 4.90 Å². The summed E-state index contributed by atoms with van der Waals surface area (Å²) in [4.78, 5) is 13.8. The molecule has 0 spiro atoms. The summed E-state index contributed by atoms with van der Waals surface area (Å²) in [7, 11) is 0. The van der Waals surface area contributed by atoms with E-state index in [4.69, 9.17) is 14.5 Å². The molecule has 0 saturated carbocycles. The van der Waals surface area contributed by atoms with E-state index in [0.717, 1.165) is 70.7 Å². The normalized spacial score (nSPS) is 28.2. The number of ether oxygens (including phenoxy) is 2. The molecule has 138 valence electrons. The van der Waals surface area contributed by atoms with Crippen molar-refractivity contribution in [2.45, 2.75) is 37.8 Å². The number of aromatic nitrogens is 2. The molecule has 4 heterocycles. The highest BCUT2D eigenvalue weighted by Gasteiger charge is 2.26. The third-order valence-corrected chi connectivity index (χ3v) is 5.30. The Kier molecular flexibility index (Phi) is 5.64. The lowest BCUT2D eigenvalue weighted by Gasteiger charge is -2.27. The Morgan fingerprint density at radius 1 is 1.12 bits per heavy atom. The van der Waals surface area contributed by atoms with Crippen molar-refractivity contribution in [2.75, 3.05) is 62.8 Å². The first kappa shape index (κ1) is 17.0. The van der Waals surface area contributed by atoms with Gasteiger partial charge in [-0.2, -0.15) is 4.98 Å². The number of hydrogen-bond donors (Lipinski definition) is 1. The van der Waals surface area contributed by atoms with Gasteiger partial charge in [0.15, 0.2) is 0 Å². The van der Waals surface area contributed by atoms with Crippen molar-refractivity contribution < 1.29 is 9.47 Å². The maximum atomic E-state index is 5.88. The fourth-order valence-corrected chi connectivity index (χ4v) is 3.91. The van der Waals surface area contributed by atoms with Crippen LogP contribution in [0.4, 0.5) is 11.8 Å². The summed E-state index contributed by atoms with van der Waals surface area (Å²) in [5, 5.41) is 3.60. The highest BCUT2D eigenvalue weighted by atomic mass is 16.5. The van der Waals surface area contributed by atoms with Gasteiger partial charge in [0.05, 0.1) is 19.3 Å². The van der Waals surface area contributed by atoms with E-state index in [1.807, 2.05) is 12.3 Å². The summed E-state index contributed by atoms with van der Waals surface area (Å²) < 4.78 is 11.3. The second-order valence-electron chi connectivity index (χ2n) is 7.22. The van der Waals surface area contributed by atoms with Crippen molar-refractivity contribution in [1.29, 1.82) is 0 Å². The molecule has 1 aromatic heterocycles. The van der Waals surface area contributed by atoms with E-state index in [0.29, 0.717) is 12.1 Å². The van der Waals surface area contributed by atoms with Crippen molar-refractivity contribution >= 4 is 11.8 Å². The molecular weight excluding hydrogens is 318 g/mol. The molecule has 3 aliphatic rings. The van der Waals surface area contributed by atoms with Crippen LogP contribution in [0.25, 0.3) is 0 Å². The zero-order valence-electron chi connectivity index (χ0n) is 14.9. The van der Waals surface area contributed by atoms with Gasteiger partial charge in [0.25, 0.3) is 0 Å². The molecule has 25 heavy (non-hydrogen) atoms. The SMILES string of the molecule is c1cc(NC2CCN(CC3CCCCO3)C2)nc(N2CCOCC2)n1. The standard InChI is InChI=1S/C18H29N5O2/c1-2-10-25-16(3-1)14-22-7-5-15(13-22)20-17-4-6-19-18(21-17)23-8-11-24-12-9-23/h4,6,15-16H,1-3,5,7-14H2,(H,19,20,21). The summed E-state index contributed by atoms with van der Waals surface area (Å²) >= 11 is 0. The van der Waals surface area contributed by atoms with Gasteiger partial charge in [0.2, 0.25) is 5.95 Å². The second-order valence-corrected chi connectivity index (χ2v) is 7.22. The zero-order valence-corrected chi connectivity index (χ0v) is 14.9. The monoisotopic (exact) mass is 347 g/mol. The van der Waals surface area contributed by atoms with Crippen LogP contribution in [-0.2, 0) is 9.47 Å². The van der Waals surface area contributed by atoms with Gasteiger partial charge >= 0.3 is 0 Å². The lowest BCUT2D eigenvalue weighted by molar-refractivity contribution is -0.00192. The molecule has 0 bridgehead atoms. The number of rotatable bonds is 5. The van der Waals surface area contributed by atoms with Crippen LogP contribution < -0.4 is 10.2 Å². The molecule has 0 radical (unpaired) electrons. The highest BCUT2D eigenvalue weighted by molar-refractivity contribution is 5.42. The minimum atomic E-state index is 0.430. The van der Waals surface area contributed by atoms with Crippen LogP contribution in [0.5, 0.6) is 0 Å². The van der Waals surface area contributed by atoms with Crippen LogP contribution in [-0.4, -0.2) is 79.6 Å². The predicted molar refractivity (Wildman–Crippen MR) is 97.1 cm³/mol. The van der Waals surface area contributed by atoms with Crippen molar-refractivity contribution in [1.82, 2.24) is 14.9 Å². The minimum Gasteiger partial charge on any atom is -0.378 e. The van der Waals surface area contributed by atoms with E-state index < -0.39 is 0 Å². The van der Waals surface area contributed by atoms with Crippen LogP contribution in [0.3, 0.4) is 0 Å². The Labute approximate surface area is 149 Å². The lowest BCUT2D eigenvalue weighted by atomic mass is 10.1. The van der Waals surface area contributed by atoms with Crippen molar-refractivity contribution in [3.63, 3.8) is 0 Å². The lowest BCUT2D eigenvalue weighted by Crippen LogP contribution is -2.37. The zero-order chi connectivity index (χ0) is 16.9. The first-order valence-electron chi connectivity index (χ1n) is 9.63. The average molecular weight is 347 g/mol. The summed E-state index contributed by atoms with van der Waals surface area (Å²) in [5.74, 6) is 1.73. The predicted octanol–water partition coefficient (Wildman–Crippen LogP) is 1.37. The number of nitrogens with zero attached hydrogens (tertiary/aromatic N) is 4. The van der Waals surface area contributed by atoms with Crippen LogP contribution in [0.2, 0.25) is 0 Å². The van der Waals surface area contributed by atoms with Crippen molar-refractivity contribution in [3.8, 4) is 0 Å². The summed E-state index contributed by atoms with van der Waals surface area (Å²) in [6.07, 6.45) is 7.18. The molecule has 0 amide bonds. The third-order valence-electron chi connectivity index (χ3n) is 5.30. The van der Waals surface area contributed by atoms with E-state index in [2.05, 4.69) is 20.1 Å². The largest absolute Gasteiger partial charge is 0.378 e. The van der Waals surface area contributed by atoms with Crippen molar-refractivity contribution in [3.05, 3.63) is 12.3 Å². The minimum absolute atomic E-state index is 0.430. The molecule has 2 atom stereocenters. The molecule has 7 nitrogen and oxygen atoms in total. The van der Waals surface area contributed by atoms with Gasteiger partial charge in [0, 0.05) is 51.6 Å². The smallest absolute Gasteiger partial charge is 0.227 e. The van der Waals surface area contributed by atoms with Crippen LogP contribution in [0, 0.1) is 0 Å². The Morgan fingerprint density at radius 2 is 2.04 bits per heavy atom. The molecular formula is C18H29N5O2. The molecule has 2 unspecified atom stereocenters. The van der Waals surface area contributed by atoms with E-state index in [1.54, 1.807) is 0 Å². The van der Waals surface area contributed by atoms with E-state index in [-0.39, 0.29) is 0 Å². The summed E-state index contributed by atoms with van der Waals surface area (Å²) in [5.41, 5.74) is 0. The highest BCUT2D eigenvalue weighted by Crippen LogP contribution is 2.20. The fraction of sp³-hybridized carbons (Fsp3) is 0.778. The molecule has 7 heteroatoms. The Balaban J connectivity index is 1.29. The first-order valence-corrected chi connectivity index (χ1v) is 9.63. The molecule has 3 fully saturated rings. The number of hydrogen-bond acceptors (Lipinski definition) is 7. The van der Waals surface area contributed by atoms with Gasteiger partial charge in [-0.15, -0.1) is 0 Å². The number of anilines is 2. The maximum Gasteiger partial charge on any atom is 0.227 e. The summed E-state index contributed by atoms with van der Waals surface area (Å²) in [6, 6.07) is 2.42. The molecule has 0 aliphatic carbocycles. The van der Waals surface area contributed by atoms with E-state index >= 15 is 0 Å². The second kappa shape index (κ2) is 8.29. The molecule has 3 saturated heterocycles. The molecule has 1 aromatic rings. The fourth-order valence-electron chi connectivity index (χ4n) is 3.91. The average Bonchev–Trinajstić information content (AvgIpc) is 3.10. The van der Waals surface area contributed by atoms with Crippen LogP contribution >= 0.6 is 0 Å². The Morgan fingerprint density at radius 3 is 2.88 bits per heavy atom. The van der Waals surface area contributed by atoms with Crippen molar-refractivity contribution in [2.24, 2.45) is 0 Å². The first-order chi connectivity index (χ1) is 12.4. The van der Waals surface area contributed by atoms with Gasteiger partial charge in [0.1, 0.15) is 5.82 Å². The number of nitrogens with one attached hydrogen (secondary N) is 1. The quantitative estimate of drug-likeness (QED) is 0.863. The molecule has 4 rings (SSSR count). The van der Waals surface area contributed by atoms with E-state index in [1.165, 1.54) is 19.3 Å².